The van der Waals surface area contributed by atoms with Crippen LogP contribution in [0.4, 0.5) is 5.69 Å². The lowest BCUT2D eigenvalue weighted by Crippen LogP contribution is -2.30. The van der Waals surface area contributed by atoms with Gasteiger partial charge in [-0.3, -0.25) is 9.52 Å². The van der Waals surface area contributed by atoms with Gasteiger partial charge in [0.1, 0.15) is 4.21 Å². The molecule has 1 aromatic carbocycles. The molecule has 0 spiro atoms. The van der Waals surface area contributed by atoms with Crippen LogP contribution in [-0.4, -0.2) is 20.9 Å². The fourth-order valence-corrected chi connectivity index (χ4v) is 6.14. The average molecular weight is 457 g/mol. The third-order valence-electron chi connectivity index (χ3n) is 4.49. The van der Waals surface area contributed by atoms with Crippen molar-refractivity contribution in [2.45, 2.75) is 36.3 Å². The first kappa shape index (κ1) is 19.4. The molecule has 0 aliphatic heterocycles. The second-order valence-corrected chi connectivity index (χ2v) is 10.8. The molecule has 1 fully saturated rings. The van der Waals surface area contributed by atoms with E-state index in [0.29, 0.717) is 23.7 Å². The van der Waals surface area contributed by atoms with Crippen LogP contribution >= 0.6 is 27.3 Å². The van der Waals surface area contributed by atoms with Crippen molar-refractivity contribution in [3.05, 3.63) is 45.7 Å². The van der Waals surface area contributed by atoms with Crippen molar-refractivity contribution in [2.24, 2.45) is 5.92 Å². The van der Waals surface area contributed by atoms with Gasteiger partial charge < -0.3 is 5.32 Å². The van der Waals surface area contributed by atoms with Crippen LogP contribution in [0.3, 0.4) is 0 Å². The van der Waals surface area contributed by atoms with Gasteiger partial charge in [0.15, 0.2) is 0 Å². The van der Waals surface area contributed by atoms with E-state index in [1.807, 2.05) is 0 Å². The number of amides is 1. The summed E-state index contributed by atoms with van der Waals surface area (Å²) >= 11 is 4.40. The van der Waals surface area contributed by atoms with Crippen molar-refractivity contribution in [1.29, 1.82) is 0 Å². The molecule has 2 N–H and O–H groups in total. The number of hydrogen-bond acceptors (Lipinski definition) is 4. The number of anilines is 1. The van der Waals surface area contributed by atoms with E-state index in [-0.39, 0.29) is 10.1 Å². The zero-order valence-corrected chi connectivity index (χ0v) is 17.4. The normalized spacial score (nSPS) is 15.6. The maximum absolute atomic E-state index is 12.3. The van der Waals surface area contributed by atoms with Crippen molar-refractivity contribution >= 4 is 48.9 Å². The van der Waals surface area contributed by atoms with Gasteiger partial charge in [0, 0.05) is 17.8 Å². The second-order valence-electron chi connectivity index (χ2n) is 6.46. The van der Waals surface area contributed by atoms with Crippen molar-refractivity contribution in [2.75, 3.05) is 11.3 Å². The van der Waals surface area contributed by atoms with Crippen LogP contribution in [0.2, 0.25) is 0 Å². The first-order valence-corrected chi connectivity index (χ1v) is 11.7. The number of halogens is 1. The quantitative estimate of drug-likeness (QED) is 0.665. The molecule has 1 aliphatic rings. The van der Waals surface area contributed by atoms with E-state index < -0.39 is 10.0 Å². The Balaban J connectivity index is 1.58. The number of hydrogen-bond donors (Lipinski definition) is 2. The van der Waals surface area contributed by atoms with E-state index >= 15 is 0 Å². The lowest BCUT2D eigenvalue weighted by molar-refractivity contribution is 0.0943. The van der Waals surface area contributed by atoms with Crippen molar-refractivity contribution in [3.63, 3.8) is 0 Å². The number of sulfonamides is 1. The number of benzene rings is 1. The Bertz CT molecular complexity index is 857. The Hall–Kier alpha value is -1.38. The summed E-state index contributed by atoms with van der Waals surface area (Å²) in [6.45, 7) is 0.709. The first-order valence-electron chi connectivity index (χ1n) is 8.60. The van der Waals surface area contributed by atoms with Gasteiger partial charge in [0.25, 0.3) is 15.9 Å². The molecule has 3 rings (SSSR count). The molecule has 5 nitrogen and oxygen atoms in total. The Morgan fingerprint density at radius 2 is 1.77 bits per heavy atom. The third kappa shape index (κ3) is 5.08. The maximum Gasteiger partial charge on any atom is 0.271 e. The second kappa shape index (κ2) is 8.54. The van der Waals surface area contributed by atoms with E-state index in [0.717, 1.165) is 15.1 Å². The van der Waals surface area contributed by atoms with Crippen LogP contribution in [0.25, 0.3) is 0 Å². The van der Waals surface area contributed by atoms with Gasteiger partial charge in [-0.2, -0.15) is 0 Å². The summed E-state index contributed by atoms with van der Waals surface area (Å²) in [7, 11) is -3.61. The minimum absolute atomic E-state index is 0.118. The standard InChI is InChI=1S/C18H21BrN2O3S2/c19-16-10-11-17(25-16)26(23,24)21-15-8-6-14(7-9-15)18(22)20-12-13-4-2-1-3-5-13/h6-11,13,21H,1-5,12H2,(H,20,22). The summed E-state index contributed by atoms with van der Waals surface area (Å²) in [5.41, 5.74) is 0.959. The van der Waals surface area contributed by atoms with Crippen molar-refractivity contribution in [1.82, 2.24) is 5.32 Å². The summed E-state index contributed by atoms with van der Waals surface area (Å²) in [6, 6.07) is 9.73. The molecule has 1 heterocycles. The highest BCUT2D eigenvalue weighted by Crippen LogP contribution is 2.27. The Labute approximate surface area is 166 Å². The molecule has 0 unspecified atom stereocenters. The number of carbonyl (C=O) groups is 1. The summed E-state index contributed by atoms with van der Waals surface area (Å²) in [5, 5.41) is 2.98. The van der Waals surface area contributed by atoms with Gasteiger partial charge in [-0.25, -0.2) is 8.42 Å². The minimum Gasteiger partial charge on any atom is -0.352 e. The number of thiophene rings is 1. The van der Waals surface area contributed by atoms with Crippen molar-refractivity contribution < 1.29 is 13.2 Å². The zero-order valence-electron chi connectivity index (χ0n) is 14.2. The molecule has 8 heteroatoms. The zero-order chi connectivity index (χ0) is 18.6. The lowest BCUT2D eigenvalue weighted by Gasteiger charge is -2.21. The summed E-state index contributed by atoms with van der Waals surface area (Å²) in [4.78, 5) is 12.3. The van der Waals surface area contributed by atoms with Crippen LogP contribution in [-0.2, 0) is 10.0 Å². The molecule has 0 atom stereocenters. The molecule has 0 radical (unpaired) electrons. The topological polar surface area (TPSA) is 75.3 Å². The molecule has 2 aromatic rings. The molecule has 0 saturated heterocycles. The van der Waals surface area contributed by atoms with E-state index in [9.17, 15) is 13.2 Å². The Morgan fingerprint density at radius 1 is 1.08 bits per heavy atom. The Kier molecular flexibility index (Phi) is 6.37. The van der Waals surface area contributed by atoms with Gasteiger partial charge in [-0.15, -0.1) is 11.3 Å². The van der Waals surface area contributed by atoms with Gasteiger partial charge in [0.05, 0.1) is 3.79 Å². The van der Waals surface area contributed by atoms with E-state index in [1.165, 1.54) is 32.1 Å². The third-order valence-corrected chi connectivity index (χ3v) is 7.99. The number of nitrogens with one attached hydrogen (secondary N) is 2. The minimum atomic E-state index is -3.61. The van der Waals surface area contributed by atoms with Gasteiger partial charge >= 0.3 is 0 Å². The summed E-state index contributed by atoms with van der Waals surface area (Å²) in [6.07, 6.45) is 6.15. The number of carbonyl (C=O) groups excluding carboxylic acids is 1. The van der Waals surface area contributed by atoms with Crippen LogP contribution < -0.4 is 10.0 Å². The largest absolute Gasteiger partial charge is 0.352 e. The van der Waals surface area contributed by atoms with E-state index in [4.69, 9.17) is 0 Å². The summed E-state index contributed by atoms with van der Waals surface area (Å²) < 4.78 is 28.1. The highest BCUT2D eigenvalue weighted by molar-refractivity contribution is 9.11. The van der Waals surface area contributed by atoms with Crippen LogP contribution in [0.15, 0.2) is 44.4 Å². The molecule has 1 aromatic heterocycles. The van der Waals surface area contributed by atoms with Gasteiger partial charge in [-0.1, -0.05) is 19.3 Å². The van der Waals surface area contributed by atoms with Crippen LogP contribution in [0.5, 0.6) is 0 Å². The average Bonchev–Trinajstić information content (AvgIpc) is 3.08. The fourth-order valence-electron chi connectivity index (χ4n) is 3.07. The van der Waals surface area contributed by atoms with Gasteiger partial charge in [0.2, 0.25) is 0 Å². The molecule has 1 saturated carbocycles. The molecular formula is C18H21BrN2O3S2. The first-order chi connectivity index (χ1) is 12.4. The predicted molar refractivity (Wildman–Crippen MR) is 108 cm³/mol. The molecule has 140 valence electrons. The monoisotopic (exact) mass is 456 g/mol. The molecular weight excluding hydrogens is 436 g/mol. The predicted octanol–water partition coefficient (Wildman–Crippen LogP) is 4.62. The highest BCUT2D eigenvalue weighted by Gasteiger charge is 2.17. The Morgan fingerprint density at radius 3 is 2.38 bits per heavy atom. The van der Waals surface area contributed by atoms with Crippen LogP contribution in [0, 0.1) is 5.92 Å². The molecule has 0 bridgehead atoms. The van der Waals surface area contributed by atoms with Crippen molar-refractivity contribution in [3.8, 4) is 0 Å². The highest BCUT2D eigenvalue weighted by atomic mass is 79.9. The molecule has 1 aliphatic carbocycles. The number of rotatable bonds is 6. The molecule has 26 heavy (non-hydrogen) atoms. The van der Waals surface area contributed by atoms with E-state index in [1.54, 1.807) is 36.4 Å². The van der Waals surface area contributed by atoms with Crippen LogP contribution in [0.1, 0.15) is 42.5 Å². The lowest BCUT2D eigenvalue weighted by atomic mass is 9.89. The molecule has 1 amide bonds. The van der Waals surface area contributed by atoms with Gasteiger partial charge in [-0.05, 0) is 71.1 Å². The van der Waals surface area contributed by atoms with E-state index in [2.05, 4.69) is 26.0 Å². The smallest absolute Gasteiger partial charge is 0.271 e. The summed E-state index contributed by atoms with van der Waals surface area (Å²) in [5.74, 6) is 0.455. The SMILES string of the molecule is O=C(NCC1CCCCC1)c1ccc(NS(=O)(=O)c2ccc(Br)s2)cc1. The fraction of sp³-hybridized carbons (Fsp3) is 0.389. The maximum atomic E-state index is 12.3.